The standard InChI is InChI=1S/C15H18N2O3S/c18-7-6-12(9-19)16-14(20)8-13-10-21-15(17-13)11-4-2-1-3-5-11/h1-5,10,12,18-19H,6-9H2,(H,16,20)/t12-/m0/s1. The van der Waals surface area contributed by atoms with E-state index >= 15 is 0 Å². The van der Waals surface area contributed by atoms with E-state index in [2.05, 4.69) is 10.3 Å². The number of nitrogens with zero attached hydrogens (tertiary/aromatic N) is 1. The molecule has 0 fully saturated rings. The first kappa shape index (κ1) is 15.6. The minimum atomic E-state index is -0.408. The molecule has 1 atom stereocenters. The van der Waals surface area contributed by atoms with Crippen LogP contribution in [0.2, 0.25) is 0 Å². The average molecular weight is 306 g/mol. The zero-order valence-electron chi connectivity index (χ0n) is 11.5. The second kappa shape index (κ2) is 7.87. The summed E-state index contributed by atoms with van der Waals surface area (Å²) in [7, 11) is 0. The monoisotopic (exact) mass is 306 g/mol. The molecule has 0 saturated carbocycles. The lowest BCUT2D eigenvalue weighted by atomic mass is 10.2. The van der Waals surface area contributed by atoms with Gasteiger partial charge in [-0.15, -0.1) is 11.3 Å². The van der Waals surface area contributed by atoms with E-state index in [0.717, 1.165) is 10.6 Å². The fraction of sp³-hybridized carbons (Fsp3) is 0.333. The number of rotatable bonds is 7. The first-order valence-electron chi connectivity index (χ1n) is 6.74. The van der Waals surface area contributed by atoms with Crippen LogP contribution in [-0.4, -0.2) is 40.4 Å². The van der Waals surface area contributed by atoms with Crippen LogP contribution in [0.15, 0.2) is 35.7 Å². The van der Waals surface area contributed by atoms with Gasteiger partial charge in [0.2, 0.25) is 5.91 Å². The molecule has 6 heteroatoms. The van der Waals surface area contributed by atoms with Crippen molar-refractivity contribution in [1.29, 1.82) is 0 Å². The molecule has 0 unspecified atom stereocenters. The summed E-state index contributed by atoms with van der Waals surface area (Å²) < 4.78 is 0. The summed E-state index contributed by atoms with van der Waals surface area (Å²) >= 11 is 1.50. The van der Waals surface area contributed by atoms with E-state index in [1.165, 1.54) is 11.3 Å². The van der Waals surface area contributed by atoms with Gasteiger partial charge in [0, 0.05) is 17.6 Å². The van der Waals surface area contributed by atoms with Gasteiger partial charge >= 0.3 is 0 Å². The summed E-state index contributed by atoms with van der Waals surface area (Å²) in [5, 5.41) is 23.3. The topological polar surface area (TPSA) is 82.5 Å². The molecule has 2 rings (SSSR count). The van der Waals surface area contributed by atoms with Crippen LogP contribution in [0.3, 0.4) is 0 Å². The largest absolute Gasteiger partial charge is 0.396 e. The maximum atomic E-state index is 11.9. The normalized spacial score (nSPS) is 12.1. The number of thiazole rings is 1. The molecule has 0 radical (unpaired) electrons. The minimum absolute atomic E-state index is 0.0691. The van der Waals surface area contributed by atoms with Gasteiger partial charge < -0.3 is 15.5 Å². The smallest absolute Gasteiger partial charge is 0.226 e. The Balaban J connectivity index is 1.95. The molecule has 112 valence electrons. The van der Waals surface area contributed by atoms with Crippen LogP contribution in [0.1, 0.15) is 12.1 Å². The Morgan fingerprint density at radius 3 is 2.71 bits per heavy atom. The highest BCUT2D eigenvalue weighted by atomic mass is 32.1. The fourth-order valence-electron chi connectivity index (χ4n) is 1.91. The molecule has 0 aliphatic carbocycles. The van der Waals surface area contributed by atoms with Gasteiger partial charge in [-0.1, -0.05) is 30.3 Å². The van der Waals surface area contributed by atoms with E-state index in [-0.39, 0.29) is 25.5 Å². The lowest BCUT2D eigenvalue weighted by molar-refractivity contribution is -0.121. The Hall–Kier alpha value is -1.76. The molecule has 21 heavy (non-hydrogen) atoms. The maximum absolute atomic E-state index is 11.9. The summed E-state index contributed by atoms with van der Waals surface area (Å²) in [5.74, 6) is -0.201. The van der Waals surface area contributed by atoms with Crippen molar-refractivity contribution < 1.29 is 15.0 Å². The second-order valence-corrected chi connectivity index (χ2v) is 5.50. The summed E-state index contributed by atoms with van der Waals surface area (Å²) in [5.41, 5.74) is 1.74. The van der Waals surface area contributed by atoms with Gasteiger partial charge in [-0.3, -0.25) is 4.79 Å². The fourth-order valence-corrected chi connectivity index (χ4v) is 2.74. The number of carbonyl (C=O) groups is 1. The van der Waals surface area contributed by atoms with Crippen LogP contribution in [-0.2, 0) is 11.2 Å². The molecule has 2 aromatic rings. The van der Waals surface area contributed by atoms with Crippen LogP contribution < -0.4 is 5.32 Å². The molecule has 1 aromatic heterocycles. The van der Waals surface area contributed by atoms with Crippen LogP contribution in [0.25, 0.3) is 10.6 Å². The molecule has 0 aliphatic rings. The number of hydrogen-bond acceptors (Lipinski definition) is 5. The molecule has 0 aliphatic heterocycles. The molecule has 5 nitrogen and oxygen atoms in total. The van der Waals surface area contributed by atoms with E-state index < -0.39 is 6.04 Å². The number of aromatic nitrogens is 1. The van der Waals surface area contributed by atoms with Gasteiger partial charge in [0.1, 0.15) is 5.01 Å². The predicted molar refractivity (Wildman–Crippen MR) is 82.0 cm³/mol. The second-order valence-electron chi connectivity index (χ2n) is 4.65. The number of amides is 1. The van der Waals surface area contributed by atoms with Crippen molar-refractivity contribution in [2.45, 2.75) is 18.9 Å². The van der Waals surface area contributed by atoms with Gasteiger partial charge in [-0.2, -0.15) is 0 Å². The quantitative estimate of drug-likeness (QED) is 0.718. The Morgan fingerprint density at radius 2 is 2.05 bits per heavy atom. The van der Waals surface area contributed by atoms with E-state index in [4.69, 9.17) is 10.2 Å². The van der Waals surface area contributed by atoms with E-state index in [1.54, 1.807) is 0 Å². The first-order chi connectivity index (χ1) is 10.2. The van der Waals surface area contributed by atoms with Crippen LogP contribution in [0, 0.1) is 0 Å². The van der Waals surface area contributed by atoms with Crippen LogP contribution in [0.4, 0.5) is 0 Å². The molecule has 1 heterocycles. The van der Waals surface area contributed by atoms with Gasteiger partial charge in [0.25, 0.3) is 0 Å². The van der Waals surface area contributed by atoms with E-state index in [9.17, 15) is 4.79 Å². The van der Waals surface area contributed by atoms with Crippen molar-refractivity contribution in [2.24, 2.45) is 0 Å². The number of benzene rings is 1. The van der Waals surface area contributed by atoms with Crippen molar-refractivity contribution >= 4 is 17.2 Å². The number of carbonyl (C=O) groups excluding carboxylic acids is 1. The highest BCUT2D eigenvalue weighted by Gasteiger charge is 2.13. The average Bonchev–Trinajstić information content (AvgIpc) is 2.96. The molecular formula is C15H18N2O3S. The molecule has 0 spiro atoms. The van der Waals surface area contributed by atoms with Crippen LogP contribution in [0.5, 0.6) is 0 Å². The lowest BCUT2D eigenvalue weighted by Crippen LogP contribution is -2.39. The number of nitrogens with one attached hydrogen (secondary N) is 1. The summed E-state index contributed by atoms with van der Waals surface area (Å²) in [6, 6.07) is 9.39. The van der Waals surface area contributed by atoms with Gasteiger partial charge in [0.05, 0.1) is 24.8 Å². The zero-order chi connectivity index (χ0) is 15.1. The predicted octanol–water partition coefficient (Wildman–Crippen LogP) is 1.21. The summed E-state index contributed by atoms with van der Waals surface area (Å²) in [6.07, 6.45) is 0.514. The maximum Gasteiger partial charge on any atom is 0.226 e. The molecule has 3 N–H and O–H groups in total. The zero-order valence-corrected chi connectivity index (χ0v) is 12.3. The Morgan fingerprint density at radius 1 is 1.29 bits per heavy atom. The van der Waals surface area contributed by atoms with E-state index in [0.29, 0.717) is 12.1 Å². The first-order valence-corrected chi connectivity index (χ1v) is 7.61. The number of hydrogen-bond donors (Lipinski definition) is 3. The number of aliphatic hydroxyl groups excluding tert-OH is 2. The SMILES string of the molecule is O=C(Cc1csc(-c2ccccc2)n1)N[C@H](CO)CCO. The molecule has 0 saturated heterocycles. The van der Waals surface area contributed by atoms with Gasteiger partial charge in [-0.25, -0.2) is 4.98 Å². The Kier molecular flexibility index (Phi) is 5.86. The molecule has 0 bridgehead atoms. The third kappa shape index (κ3) is 4.63. The highest BCUT2D eigenvalue weighted by Crippen LogP contribution is 2.23. The van der Waals surface area contributed by atoms with Crippen molar-refractivity contribution in [2.75, 3.05) is 13.2 Å². The third-order valence-electron chi connectivity index (χ3n) is 2.98. The van der Waals surface area contributed by atoms with Crippen LogP contribution >= 0.6 is 11.3 Å². The Labute approximate surface area is 127 Å². The molecule has 1 amide bonds. The summed E-state index contributed by atoms with van der Waals surface area (Å²) in [4.78, 5) is 16.3. The molecule has 1 aromatic carbocycles. The van der Waals surface area contributed by atoms with Crippen molar-refractivity contribution in [1.82, 2.24) is 10.3 Å². The van der Waals surface area contributed by atoms with Crippen molar-refractivity contribution in [3.05, 3.63) is 41.4 Å². The van der Waals surface area contributed by atoms with Gasteiger partial charge in [-0.05, 0) is 6.42 Å². The third-order valence-corrected chi connectivity index (χ3v) is 3.92. The highest BCUT2D eigenvalue weighted by molar-refractivity contribution is 7.13. The lowest BCUT2D eigenvalue weighted by Gasteiger charge is -2.14. The number of aliphatic hydroxyl groups is 2. The van der Waals surface area contributed by atoms with E-state index in [1.807, 2.05) is 35.7 Å². The van der Waals surface area contributed by atoms with Crippen molar-refractivity contribution in [3.8, 4) is 10.6 Å². The van der Waals surface area contributed by atoms with Gasteiger partial charge in [0.15, 0.2) is 0 Å². The minimum Gasteiger partial charge on any atom is -0.396 e. The van der Waals surface area contributed by atoms with Crippen molar-refractivity contribution in [3.63, 3.8) is 0 Å². The molecular weight excluding hydrogens is 288 g/mol. The summed E-state index contributed by atoms with van der Waals surface area (Å²) in [6.45, 7) is -0.251. The Bertz CT molecular complexity index is 571.